The minimum Gasteiger partial charge on any atom is -0.309 e. The lowest BCUT2D eigenvalue weighted by molar-refractivity contribution is 1.16. The third-order valence-electron chi connectivity index (χ3n) is 13.6. The maximum absolute atomic E-state index is 2.46. The van der Waals surface area contributed by atoms with Crippen molar-refractivity contribution in [3.05, 3.63) is 224 Å². The van der Waals surface area contributed by atoms with Crippen molar-refractivity contribution >= 4 is 65.4 Å². The van der Waals surface area contributed by atoms with Crippen LogP contribution < -0.4 is 0 Å². The van der Waals surface area contributed by atoms with Crippen LogP contribution >= 0.6 is 0 Å². The summed E-state index contributed by atoms with van der Waals surface area (Å²) < 4.78 is 7.32. The highest BCUT2D eigenvalue weighted by molar-refractivity contribution is 6.13. The van der Waals surface area contributed by atoms with Crippen LogP contribution in [-0.2, 0) is 0 Å². The molecule has 0 amide bonds. The molecule has 3 aromatic heterocycles. The molecule has 0 fully saturated rings. The summed E-state index contributed by atoms with van der Waals surface area (Å²) in [6.45, 7) is 0. The second-order valence-electron chi connectivity index (χ2n) is 16.8. The molecule has 0 saturated heterocycles. The van der Waals surface area contributed by atoms with E-state index in [1.165, 1.54) is 110 Å². The SMILES string of the molecule is c1ccc2c(c1)-c1ccccc1-c1cc(-n3c4ccccc4c4ccccc43)ccc1-c1cc(-n3c4ccccc4c4cc(-n5c6ccccc6c6ccccc65)ccc43)ccc1-2. The summed E-state index contributed by atoms with van der Waals surface area (Å²) in [5, 5.41) is 7.52. The summed E-state index contributed by atoms with van der Waals surface area (Å²) in [4.78, 5) is 0. The molecule has 0 atom stereocenters. The third kappa shape index (κ3) is 4.85. The lowest BCUT2D eigenvalue weighted by atomic mass is 9.80. The minimum absolute atomic E-state index is 1.13. The van der Waals surface area contributed by atoms with Crippen molar-refractivity contribution < 1.29 is 0 Å². The van der Waals surface area contributed by atoms with Gasteiger partial charge in [0.05, 0.1) is 33.1 Å². The normalized spacial score (nSPS) is 12.1. The van der Waals surface area contributed by atoms with Gasteiger partial charge in [-0.2, -0.15) is 0 Å². The first-order chi connectivity index (χ1) is 31.3. The number of rotatable bonds is 3. The molecule has 3 heterocycles. The molecule has 10 aromatic carbocycles. The Morgan fingerprint density at radius 3 is 0.825 bits per heavy atom. The fourth-order valence-corrected chi connectivity index (χ4v) is 10.9. The van der Waals surface area contributed by atoms with E-state index in [4.69, 9.17) is 0 Å². The van der Waals surface area contributed by atoms with E-state index in [9.17, 15) is 0 Å². The van der Waals surface area contributed by atoms with Gasteiger partial charge in [0.15, 0.2) is 0 Å². The molecule has 3 heteroatoms. The lowest BCUT2D eigenvalue weighted by Crippen LogP contribution is -2.01. The fraction of sp³-hybridized carbons (Fsp3) is 0. The molecular formula is C60H37N3. The van der Waals surface area contributed by atoms with Gasteiger partial charge >= 0.3 is 0 Å². The van der Waals surface area contributed by atoms with Gasteiger partial charge in [-0.1, -0.05) is 152 Å². The van der Waals surface area contributed by atoms with Gasteiger partial charge in [-0.05, 0) is 117 Å². The van der Waals surface area contributed by atoms with E-state index in [0.29, 0.717) is 0 Å². The lowest BCUT2D eigenvalue weighted by Gasteiger charge is -2.24. The second-order valence-corrected chi connectivity index (χ2v) is 16.8. The number of nitrogens with zero attached hydrogens (tertiary/aromatic N) is 3. The fourth-order valence-electron chi connectivity index (χ4n) is 10.9. The largest absolute Gasteiger partial charge is 0.309 e. The van der Waals surface area contributed by atoms with Crippen molar-refractivity contribution in [3.63, 3.8) is 0 Å². The van der Waals surface area contributed by atoms with E-state index < -0.39 is 0 Å². The summed E-state index contributed by atoms with van der Waals surface area (Å²) in [5.41, 5.74) is 20.5. The van der Waals surface area contributed by atoms with Crippen LogP contribution in [0.15, 0.2) is 224 Å². The summed E-state index contributed by atoms with van der Waals surface area (Å²) in [7, 11) is 0. The van der Waals surface area contributed by atoms with Gasteiger partial charge in [0.25, 0.3) is 0 Å². The number of benzene rings is 10. The zero-order chi connectivity index (χ0) is 41.2. The van der Waals surface area contributed by atoms with Crippen molar-refractivity contribution in [2.24, 2.45) is 0 Å². The van der Waals surface area contributed by atoms with E-state index >= 15 is 0 Å². The van der Waals surface area contributed by atoms with E-state index in [2.05, 4.69) is 238 Å². The van der Waals surface area contributed by atoms with Crippen LogP contribution in [0.25, 0.3) is 127 Å². The van der Waals surface area contributed by atoms with Crippen LogP contribution in [0.3, 0.4) is 0 Å². The molecule has 14 rings (SSSR count). The molecule has 63 heavy (non-hydrogen) atoms. The number of hydrogen-bond acceptors (Lipinski definition) is 0. The third-order valence-corrected chi connectivity index (χ3v) is 13.6. The number of fused-ring (bicyclic) bond motifs is 17. The quantitative estimate of drug-likeness (QED) is 0.169. The maximum Gasteiger partial charge on any atom is 0.0542 e. The van der Waals surface area contributed by atoms with E-state index in [-0.39, 0.29) is 0 Å². The van der Waals surface area contributed by atoms with Crippen LogP contribution in [-0.4, -0.2) is 13.7 Å². The minimum atomic E-state index is 1.13. The van der Waals surface area contributed by atoms with Gasteiger partial charge in [-0.3, -0.25) is 0 Å². The van der Waals surface area contributed by atoms with E-state index in [0.717, 1.165) is 17.1 Å². The summed E-state index contributed by atoms with van der Waals surface area (Å²) >= 11 is 0. The Kier molecular flexibility index (Phi) is 7.11. The highest BCUT2D eigenvalue weighted by atomic mass is 15.0. The van der Waals surface area contributed by atoms with Gasteiger partial charge in [-0.15, -0.1) is 0 Å². The Bertz CT molecular complexity index is 3930. The van der Waals surface area contributed by atoms with Crippen LogP contribution in [0, 0.1) is 0 Å². The predicted molar refractivity (Wildman–Crippen MR) is 265 cm³/mol. The van der Waals surface area contributed by atoms with Gasteiger partial charge in [0.2, 0.25) is 0 Å². The zero-order valence-electron chi connectivity index (χ0n) is 34.2. The smallest absolute Gasteiger partial charge is 0.0542 e. The molecule has 0 saturated carbocycles. The summed E-state index contributed by atoms with van der Waals surface area (Å²) in [6.07, 6.45) is 0. The van der Waals surface area contributed by atoms with E-state index in [1.807, 2.05) is 0 Å². The van der Waals surface area contributed by atoms with Gasteiger partial charge in [-0.25, -0.2) is 0 Å². The van der Waals surface area contributed by atoms with Crippen molar-refractivity contribution in [1.29, 1.82) is 0 Å². The van der Waals surface area contributed by atoms with Crippen LogP contribution in [0.1, 0.15) is 0 Å². The molecule has 1 aliphatic rings. The molecule has 13 aromatic rings. The maximum atomic E-state index is 2.46. The molecule has 0 unspecified atom stereocenters. The average Bonchev–Trinajstić information content (AvgIpc) is 3.99. The molecule has 0 N–H and O–H groups in total. The molecular weight excluding hydrogens is 763 g/mol. The highest BCUT2D eigenvalue weighted by Gasteiger charge is 2.25. The van der Waals surface area contributed by atoms with Crippen molar-refractivity contribution in [2.75, 3.05) is 0 Å². The van der Waals surface area contributed by atoms with E-state index in [1.54, 1.807) is 0 Å². The van der Waals surface area contributed by atoms with Gasteiger partial charge in [0.1, 0.15) is 0 Å². The first-order valence-corrected chi connectivity index (χ1v) is 21.8. The monoisotopic (exact) mass is 799 g/mol. The van der Waals surface area contributed by atoms with Gasteiger partial charge < -0.3 is 13.7 Å². The highest BCUT2D eigenvalue weighted by Crippen LogP contribution is 2.49. The van der Waals surface area contributed by atoms with Crippen molar-refractivity contribution in [1.82, 2.24) is 13.7 Å². The van der Waals surface area contributed by atoms with Crippen LogP contribution in [0.2, 0.25) is 0 Å². The van der Waals surface area contributed by atoms with Crippen molar-refractivity contribution in [3.8, 4) is 61.6 Å². The average molecular weight is 800 g/mol. The molecule has 1 aliphatic carbocycles. The molecule has 0 radical (unpaired) electrons. The zero-order valence-corrected chi connectivity index (χ0v) is 34.2. The van der Waals surface area contributed by atoms with Crippen molar-refractivity contribution in [2.45, 2.75) is 0 Å². The Hall–Kier alpha value is -8.40. The predicted octanol–water partition coefficient (Wildman–Crippen LogP) is 16.0. The second kappa shape index (κ2) is 13.1. The first-order valence-electron chi connectivity index (χ1n) is 21.8. The summed E-state index contributed by atoms with van der Waals surface area (Å²) in [6, 6.07) is 83.0. The summed E-state index contributed by atoms with van der Waals surface area (Å²) in [5.74, 6) is 0. The number of hydrogen-bond donors (Lipinski definition) is 0. The number of aromatic nitrogens is 3. The molecule has 3 nitrogen and oxygen atoms in total. The number of para-hydroxylation sites is 5. The molecule has 0 spiro atoms. The Labute approximate surface area is 363 Å². The Morgan fingerprint density at radius 1 is 0.175 bits per heavy atom. The molecule has 292 valence electrons. The first kappa shape index (κ1) is 34.3. The van der Waals surface area contributed by atoms with Gasteiger partial charge in [0, 0.05) is 49.4 Å². The standard InChI is InChI=1S/C60H37N3/c1-2-17-43-41(15-1)42-16-3-4-18-44(42)52-35-38(61-55-24-10-5-19-47(55)48-20-6-11-25-56(48)61)30-33-46(52)53-36-39(29-32-45(43)53)63-59-28-14-9-23-51(59)54-37-40(31-34-60(54)63)62-57-26-12-7-21-49(57)50-22-8-13-27-58(50)62/h1-37H. The van der Waals surface area contributed by atoms with Crippen LogP contribution in [0.4, 0.5) is 0 Å². The molecule has 0 aliphatic heterocycles. The van der Waals surface area contributed by atoms with Crippen LogP contribution in [0.5, 0.6) is 0 Å². The Balaban J connectivity index is 1.02. The Morgan fingerprint density at radius 2 is 0.429 bits per heavy atom. The molecule has 0 bridgehead atoms. The topological polar surface area (TPSA) is 14.8 Å².